The van der Waals surface area contributed by atoms with Crippen molar-refractivity contribution in [2.75, 3.05) is 66.1 Å². The second kappa shape index (κ2) is 26.7. The third-order valence-corrected chi connectivity index (χ3v) is 5.37. The molecule has 2 aromatic carbocycles. The molecule has 42 heavy (non-hydrogen) atoms. The number of epoxide rings is 2. The van der Waals surface area contributed by atoms with Gasteiger partial charge in [-0.15, -0.1) is 0 Å². The summed E-state index contributed by atoms with van der Waals surface area (Å²) in [4.78, 5) is 0. The number of aliphatic hydroxyl groups excluding tert-OH is 4. The SMILES string of the molecule is CCCOCC(O)CO.CCCOCC1CO1.OCC(O)COCc1ccccc1.c1ccc(COCC2CO2)cc1. The van der Waals surface area contributed by atoms with Crippen molar-refractivity contribution in [2.24, 2.45) is 0 Å². The van der Waals surface area contributed by atoms with E-state index < -0.39 is 12.2 Å². The fourth-order valence-corrected chi connectivity index (χ4v) is 2.93. The lowest BCUT2D eigenvalue weighted by Crippen LogP contribution is -2.19. The van der Waals surface area contributed by atoms with E-state index in [2.05, 4.69) is 19.1 Å². The van der Waals surface area contributed by atoms with Crippen LogP contribution in [-0.4, -0.2) is 111 Å². The van der Waals surface area contributed by atoms with Crippen LogP contribution < -0.4 is 0 Å². The highest BCUT2D eigenvalue weighted by Crippen LogP contribution is 2.10. The molecule has 240 valence electrons. The van der Waals surface area contributed by atoms with E-state index in [1.54, 1.807) is 0 Å². The van der Waals surface area contributed by atoms with Gasteiger partial charge in [-0.1, -0.05) is 74.5 Å². The number of aliphatic hydroxyl groups is 4. The summed E-state index contributed by atoms with van der Waals surface area (Å²) >= 11 is 0. The predicted octanol–water partition coefficient (Wildman–Crippen LogP) is 2.74. The molecule has 2 heterocycles. The molecular formula is C32H52O10. The largest absolute Gasteiger partial charge is 0.394 e. The molecule has 2 saturated heterocycles. The Morgan fingerprint density at radius 1 is 0.643 bits per heavy atom. The molecule has 0 bridgehead atoms. The van der Waals surface area contributed by atoms with E-state index in [1.165, 1.54) is 5.56 Å². The molecule has 0 aliphatic carbocycles. The van der Waals surface area contributed by atoms with Gasteiger partial charge in [0.05, 0.1) is 66.1 Å². The first-order valence-electron chi connectivity index (χ1n) is 14.7. The minimum atomic E-state index is -0.774. The summed E-state index contributed by atoms with van der Waals surface area (Å²) in [7, 11) is 0. The van der Waals surface area contributed by atoms with Gasteiger partial charge in [0, 0.05) is 13.2 Å². The van der Waals surface area contributed by atoms with Crippen molar-refractivity contribution in [1.29, 1.82) is 0 Å². The Balaban J connectivity index is 0.000000285. The van der Waals surface area contributed by atoms with Crippen molar-refractivity contribution in [3.05, 3.63) is 71.8 Å². The third-order valence-electron chi connectivity index (χ3n) is 5.37. The summed E-state index contributed by atoms with van der Waals surface area (Å²) in [6.07, 6.45) is 1.36. The molecule has 0 radical (unpaired) electrons. The fourth-order valence-electron chi connectivity index (χ4n) is 2.93. The Kier molecular flexibility index (Phi) is 24.2. The number of rotatable bonds is 18. The first-order valence-corrected chi connectivity index (χ1v) is 14.7. The molecule has 4 unspecified atom stereocenters. The van der Waals surface area contributed by atoms with E-state index in [0.717, 1.165) is 51.4 Å². The Morgan fingerprint density at radius 3 is 1.48 bits per heavy atom. The highest BCUT2D eigenvalue weighted by atomic mass is 16.6. The Hall–Kier alpha value is -1.96. The van der Waals surface area contributed by atoms with Crippen molar-refractivity contribution >= 4 is 0 Å². The van der Waals surface area contributed by atoms with Crippen LogP contribution in [0.3, 0.4) is 0 Å². The molecule has 2 aliphatic heterocycles. The van der Waals surface area contributed by atoms with Gasteiger partial charge in [-0.25, -0.2) is 0 Å². The second-order valence-electron chi connectivity index (χ2n) is 9.73. The summed E-state index contributed by atoms with van der Waals surface area (Å²) in [6, 6.07) is 19.9. The lowest BCUT2D eigenvalue weighted by Gasteiger charge is -2.07. The van der Waals surface area contributed by atoms with E-state index >= 15 is 0 Å². The fraction of sp³-hybridized carbons (Fsp3) is 0.625. The summed E-state index contributed by atoms with van der Waals surface area (Å²) < 4.78 is 30.6. The van der Waals surface area contributed by atoms with Gasteiger partial charge in [0.25, 0.3) is 0 Å². The summed E-state index contributed by atoms with van der Waals surface area (Å²) in [5.74, 6) is 0. The predicted molar refractivity (Wildman–Crippen MR) is 160 cm³/mol. The van der Waals surface area contributed by atoms with E-state index in [1.807, 2.05) is 55.5 Å². The Labute approximate surface area is 251 Å². The monoisotopic (exact) mass is 596 g/mol. The first kappa shape index (κ1) is 38.1. The number of hydrogen-bond donors (Lipinski definition) is 4. The van der Waals surface area contributed by atoms with Crippen molar-refractivity contribution in [2.45, 2.75) is 64.3 Å². The van der Waals surface area contributed by atoms with Gasteiger partial charge in [0.15, 0.2) is 0 Å². The average Bonchev–Trinajstić information content (AvgIpc) is 3.96. The lowest BCUT2D eigenvalue weighted by atomic mass is 10.2. The molecule has 0 saturated carbocycles. The van der Waals surface area contributed by atoms with E-state index in [4.69, 9.17) is 48.8 Å². The maximum atomic E-state index is 8.96. The van der Waals surface area contributed by atoms with Crippen LogP contribution in [0.1, 0.15) is 37.8 Å². The highest BCUT2D eigenvalue weighted by molar-refractivity contribution is 5.14. The van der Waals surface area contributed by atoms with Gasteiger partial charge in [-0.05, 0) is 24.0 Å². The van der Waals surface area contributed by atoms with Crippen LogP contribution in [0.25, 0.3) is 0 Å². The molecule has 2 aliphatic rings. The molecular weight excluding hydrogens is 544 g/mol. The minimum Gasteiger partial charge on any atom is -0.394 e. The van der Waals surface area contributed by atoms with Gasteiger partial charge in [-0.2, -0.15) is 0 Å². The van der Waals surface area contributed by atoms with Gasteiger partial charge >= 0.3 is 0 Å². The van der Waals surface area contributed by atoms with Crippen LogP contribution in [-0.2, 0) is 41.6 Å². The van der Waals surface area contributed by atoms with Crippen LogP contribution in [0.4, 0.5) is 0 Å². The van der Waals surface area contributed by atoms with Crippen molar-refractivity contribution in [3.63, 3.8) is 0 Å². The molecule has 4 N–H and O–H groups in total. The lowest BCUT2D eigenvalue weighted by molar-refractivity contribution is 0.0000253. The zero-order valence-electron chi connectivity index (χ0n) is 25.2. The van der Waals surface area contributed by atoms with E-state index in [0.29, 0.717) is 32.0 Å². The zero-order chi connectivity index (χ0) is 30.7. The molecule has 4 atom stereocenters. The molecule has 0 spiro atoms. The van der Waals surface area contributed by atoms with Crippen LogP contribution >= 0.6 is 0 Å². The molecule has 0 aromatic heterocycles. The van der Waals surface area contributed by atoms with Crippen LogP contribution in [0.5, 0.6) is 0 Å². The zero-order valence-corrected chi connectivity index (χ0v) is 25.2. The van der Waals surface area contributed by atoms with Gasteiger partial charge in [0.2, 0.25) is 0 Å². The van der Waals surface area contributed by atoms with Gasteiger partial charge < -0.3 is 48.8 Å². The smallest absolute Gasteiger partial charge is 0.104 e. The normalized spacial score (nSPS) is 17.8. The van der Waals surface area contributed by atoms with Gasteiger partial charge in [-0.3, -0.25) is 0 Å². The van der Waals surface area contributed by atoms with Crippen molar-refractivity contribution in [1.82, 2.24) is 0 Å². The molecule has 4 rings (SSSR count). The summed E-state index contributed by atoms with van der Waals surface area (Å²) in [5, 5.41) is 34.5. The molecule has 2 fully saturated rings. The van der Waals surface area contributed by atoms with Crippen LogP contribution in [0, 0.1) is 0 Å². The Morgan fingerprint density at radius 2 is 1.05 bits per heavy atom. The quantitative estimate of drug-likeness (QED) is 0.150. The highest BCUT2D eigenvalue weighted by Gasteiger charge is 2.22. The average molecular weight is 597 g/mol. The third kappa shape index (κ3) is 24.6. The second-order valence-corrected chi connectivity index (χ2v) is 9.73. The minimum absolute atomic E-state index is 0.172. The maximum absolute atomic E-state index is 8.96. The topological polar surface area (TPSA) is 143 Å². The van der Waals surface area contributed by atoms with Crippen molar-refractivity contribution in [3.8, 4) is 0 Å². The van der Waals surface area contributed by atoms with Crippen molar-refractivity contribution < 1.29 is 48.8 Å². The standard InChI is InChI=1S/C10H14O3.C10H12O2.C6H14O3.C6H12O2/c11-6-10(12)8-13-7-9-4-2-1-3-5-9;1-2-4-9(5-3-1)6-11-7-10-8-12-10;1-2-3-9-5-6(8)4-7;1-2-3-7-4-6-5-8-6/h1-5,10-12H,6-8H2;1-5,10H,6-8H2;6-8H,2-5H2,1H3;6H,2-5H2,1H3. The number of ether oxygens (including phenoxy) is 6. The number of hydrogen-bond acceptors (Lipinski definition) is 10. The van der Waals surface area contributed by atoms with Crippen LogP contribution in [0.2, 0.25) is 0 Å². The molecule has 10 heteroatoms. The van der Waals surface area contributed by atoms with E-state index in [9.17, 15) is 0 Å². The first-order chi connectivity index (χ1) is 20.5. The summed E-state index contributed by atoms with van der Waals surface area (Å²) in [5.41, 5.74) is 2.28. The maximum Gasteiger partial charge on any atom is 0.104 e. The molecule has 2 aromatic rings. The summed E-state index contributed by atoms with van der Waals surface area (Å²) in [6.45, 7) is 10.0. The van der Waals surface area contributed by atoms with Crippen LogP contribution in [0.15, 0.2) is 60.7 Å². The van der Waals surface area contributed by atoms with Gasteiger partial charge in [0.1, 0.15) is 24.4 Å². The molecule has 10 nitrogen and oxygen atoms in total. The van der Waals surface area contributed by atoms with E-state index in [-0.39, 0.29) is 26.4 Å². The number of benzene rings is 2. The molecule has 0 amide bonds. The Bertz CT molecular complexity index is 819.